The smallest absolute Gasteiger partial charge is 0.0455 e. The number of rotatable bonds is 16. The zero-order chi connectivity index (χ0) is 32.0. The second kappa shape index (κ2) is 15.5. The molecular weight excluding hydrogens is 625 g/mol. The first-order chi connectivity index (χ1) is 23.2. The van der Waals surface area contributed by atoms with Crippen LogP contribution in [0.25, 0.3) is 61.2 Å². The highest BCUT2D eigenvalue weighted by molar-refractivity contribution is 7.29. The van der Waals surface area contributed by atoms with E-state index in [4.69, 9.17) is 0 Å². The number of benzene rings is 4. The van der Waals surface area contributed by atoms with E-state index >= 15 is 0 Å². The Morgan fingerprint density at radius 1 is 0.362 bits per heavy atom. The molecule has 3 heteroatoms. The van der Waals surface area contributed by atoms with Crippen LogP contribution in [-0.2, 0) is 12.8 Å². The summed E-state index contributed by atoms with van der Waals surface area (Å²) >= 11 is 5.83. The van der Waals surface area contributed by atoms with E-state index in [2.05, 4.69) is 98.8 Å². The molecule has 0 fully saturated rings. The lowest BCUT2D eigenvalue weighted by atomic mass is 10.00. The average molecular weight is 673 g/mol. The van der Waals surface area contributed by atoms with Crippen LogP contribution in [0.3, 0.4) is 0 Å². The SMILES string of the molecule is CCCCCCCCc1ccc2ccc3sc(-c4ccc(-c5cc6c(ccc7ccc(CCCCCCCC)cc76)s5)s4)cc3c2c1. The third kappa shape index (κ3) is 7.53. The molecule has 0 saturated carbocycles. The molecule has 0 bridgehead atoms. The third-order valence-corrected chi connectivity index (χ3v) is 13.6. The minimum atomic E-state index is 1.19. The lowest BCUT2D eigenvalue weighted by Crippen LogP contribution is -1.87. The van der Waals surface area contributed by atoms with Crippen molar-refractivity contribution in [2.24, 2.45) is 0 Å². The Morgan fingerprint density at radius 2 is 0.787 bits per heavy atom. The van der Waals surface area contributed by atoms with Crippen molar-refractivity contribution < 1.29 is 0 Å². The van der Waals surface area contributed by atoms with Crippen molar-refractivity contribution >= 4 is 75.7 Å². The van der Waals surface area contributed by atoms with Crippen LogP contribution in [-0.4, -0.2) is 0 Å². The van der Waals surface area contributed by atoms with Crippen molar-refractivity contribution in [1.29, 1.82) is 0 Å². The molecule has 0 aliphatic carbocycles. The van der Waals surface area contributed by atoms with E-state index in [1.807, 2.05) is 34.0 Å². The van der Waals surface area contributed by atoms with Gasteiger partial charge in [-0.3, -0.25) is 0 Å². The number of unbranched alkanes of at least 4 members (excludes halogenated alkanes) is 10. The quantitative estimate of drug-likeness (QED) is 0.0896. The summed E-state index contributed by atoms with van der Waals surface area (Å²) < 4.78 is 2.79. The van der Waals surface area contributed by atoms with Crippen LogP contribution >= 0.6 is 34.0 Å². The summed E-state index contributed by atoms with van der Waals surface area (Å²) in [7, 11) is 0. The molecule has 0 unspecified atom stereocenters. The van der Waals surface area contributed by atoms with Crippen molar-refractivity contribution in [3.8, 4) is 19.5 Å². The molecule has 0 amide bonds. The summed E-state index contributed by atoms with van der Waals surface area (Å²) in [6.45, 7) is 4.59. The first-order valence-corrected chi connectivity index (χ1v) is 20.7. The van der Waals surface area contributed by atoms with Gasteiger partial charge in [-0.15, -0.1) is 34.0 Å². The Balaban J connectivity index is 1.10. The van der Waals surface area contributed by atoms with Crippen LogP contribution in [0.2, 0.25) is 0 Å². The van der Waals surface area contributed by atoms with Crippen LogP contribution in [0.1, 0.15) is 102 Å². The fraction of sp³-hybridized carbons (Fsp3) is 0.364. The van der Waals surface area contributed by atoms with Gasteiger partial charge in [0, 0.05) is 39.7 Å². The topological polar surface area (TPSA) is 0 Å². The van der Waals surface area contributed by atoms with E-state index in [-0.39, 0.29) is 0 Å². The molecule has 0 saturated heterocycles. The van der Waals surface area contributed by atoms with Gasteiger partial charge in [0.25, 0.3) is 0 Å². The van der Waals surface area contributed by atoms with E-state index in [1.165, 1.54) is 162 Å². The van der Waals surface area contributed by atoms with Crippen molar-refractivity contribution in [2.75, 3.05) is 0 Å². The lowest BCUT2D eigenvalue weighted by molar-refractivity contribution is 0.607. The standard InChI is InChI=1S/C44H48S3/c1-3-5-7-9-11-13-15-31-17-19-33-21-23-39-37(35(33)27-31)29-43(45-39)41-25-26-42(47-41)44-30-38-36-28-32(16-14-12-10-8-6-4-2)18-20-34(36)22-24-40(38)46-44/h17-30H,3-16H2,1-2H3. The Hall–Kier alpha value is -2.98. The zero-order valence-corrected chi connectivity index (χ0v) is 30.7. The Bertz CT molecular complexity index is 1940. The zero-order valence-electron chi connectivity index (χ0n) is 28.2. The van der Waals surface area contributed by atoms with E-state index in [1.54, 1.807) is 0 Å². The summed E-state index contributed by atoms with van der Waals surface area (Å²) in [6.07, 6.45) is 18.6. The summed E-state index contributed by atoms with van der Waals surface area (Å²) in [5.41, 5.74) is 2.97. The van der Waals surface area contributed by atoms with Crippen molar-refractivity contribution in [1.82, 2.24) is 0 Å². The number of fused-ring (bicyclic) bond motifs is 6. The summed E-state index contributed by atoms with van der Waals surface area (Å²) in [4.78, 5) is 5.52. The highest BCUT2D eigenvalue weighted by atomic mass is 32.1. The summed E-state index contributed by atoms with van der Waals surface area (Å²) in [5.74, 6) is 0. The fourth-order valence-electron chi connectivity index (χ4n) is 7.15. The van der Waals surface area contributed by atoms with Gasteiger partial charge >= 0.3 is 0 Å². The highest BCUT2D eigenvalue weighted by Crippen LogP contribution is 2.45. The monoisotopic (exact) mass is 672 g/mol. The predicted molar refractivity (Wildman–Crippen MR) is 215 cm³/mol. The average Bonchev–Trinajstić information content (AvgIpc) is 3.86. The van der Waals surface area contributed by atoms with E-state index in [0.29, 0.717) is 0 Å². The molecule has 7 aromatic rings. The molecule has 47 heavy (non-hydrogen) atoms. The third-order valence-electron chi connectivity index (χ3n) is 9.90. The van der Waals surface area contributed by atoms with Gasteiger partial charge in [0.1, 0.15) is 0 Å². The molecule has 3 aromatic heterocycles. The van der Waals surface area contributed by atoms with Crippen molar-refractivity contribution in [3.63, 3.8) is 0 Å². The molecule has 0 radical (unpaired) electrons. The second-order valence-corrected chi connectivity index (χ2v) is 16.7. The molecule has 0 spiro atoms. The predicted octanol–water partition coefficient (Wildman–Crippen LogP) is 15.6. The molecule has 0 nitrogen and oxygen atoms in total. The summed E-state index contributed by atoms with van der Waals surface area (Å²) in [6, 6.07) is 33.2. The van der Waals surface area contributed by atoms with Gasteiger partial charge in [-0.25, -0.2) is 0 Å². The molecule has 7 rings (SSSR count). The van der Waals surface area contributed by atoms with Gasteiger partial charge in [-0.05, 0) is 94.8 Å². The van der Waals surface area contributed by atoms with Gasteiger partial charge in [-0.2, -0.15) is 0 Å². The number of hydrogen-bond acceptors (Lipinski definition) is 3. The Kier molecular flexibility index (Phi) is 10.7. The molecule has 242 valence electrons. The van der Waals surface area contributed by atoms with Crippen molar-refractivity contribution in [3.05, 3.63) is 96.1 Å². The minimum Gasteiger partial charge on any atom is -0.134 e. The van der Waals surface area contributed by atoms with Crippen LogP contribution in [0.15, 0.2) is 84.9 Å². The molecule has 0 aliphatic rings. The van der Waals surface area contributed by atoms with Crippen LogP contribution in [0.4, 0.5) is 0 Å². The normalized spacial score (nSPS) is 12.0. The van der Waals surface area contributed by atoms with Gasteiger partial charge in [0.15, 0.2) is 0 Å². The summed E-state index contributed by atoms with van der Waals surface area (Å²) in [5, 5.41) is 8.36. The maximum atomic E-state index is 2.47. The number of hydrogen-bond donors (Lipinski definition) is 0. The number of thiophene rings is 3. The second-order valence-electron chi connectivity index (χ2n) is 13.5. The molecule has 0 atom stereocenters. The molecule has 3 heterocycles. The minimum absolute atomic E-state index is 1.19. The van der Waals surface area contributed by atoms with Gasteiger partial charge in [-0.1, -0.05) is 127 Å². The Labute approximate surface area is 293 Å². The van der Waals surface area contributed by atoms with E-state index in [0.717, 1.165) is 0 Å². The van der Waals surface area contributed by atoms with Crippen LogP contribution < -0.4 is 0 Å². The van der Waals surface area contributed by atoms with Gasteiger partial charge < -0.3 is 0 Å². The highest BCUT2D eigenvalue weighted by Gasteiger charge is 2.14. The van der Waals surface area contributed by atoms with E-state index < -0.39 is 0 Å². The Morgan fingerprint density at radius 3 is 1.26 bits per heavy atom. The fourth-order valence-corrected chi connectivity index (χ4v) is 10.5. The maximum Gasteiger partial charge on any atom is 0.0455 e. The van der Waals surface area contributed by atoms with Gasteiger partial charge in [0.05, 0.1) is 0 Å². The molecular formula is C44H48S3. The van der Waals surface area contributed by atoms with E-state index in [9.17, 15) is 0 Å². The molecule has 4 aromatic carbocycles. The largest absolute Gasteiger partial charge is 0.134 e. The van der Waals surface area contributed by atoms with Crippen LogP contribution in [0.5, 0.6) is 0 Å². The first kappa shape index (κ1) is 32.6. The maximum absolute atomic E-state index is 2.47. The van der Waals surface area contributed by atoms with Crippen molar-refractivity contribution in [2.45, 2.75) is 104 Å². The van der Waals surface area contributed by atoms with Gasteiger partial charge in [0.2, 0.25) is 0 Å². The van der Waals surface area contributed by atoms with Crippen LogP contribution in [0, 0.1) is 0 Å². The lowest BCUT2D eigenvalue weighted by Gasteiger charge is -2.05. The first-order valence-electron chi connectivity index (χ1n) is 18.2. The molecule has 0 N–H and O–H groups in total. The number of aryl methyl sites for hydroxylation is 2. The molecule has 0 aliphatic heterocycles.